The Labute approximate surface area is 147 Å². The zero-order valence-corrected chi connectivity index (χ0v) is 14.3. The van der Waals surface area contributed by atoms with Crippen molar-refractivity contribution in [3.63, 3.8) is 0 Å². The van der Waals surface area contributed by atoms with Crippen LogP contribution in [0.3, 0.4) is 0 Å². The van der Waals surface area contributed by atoms with Crippen LogP contribution in [0.4, 0.5) is 11.5 Å². The van der Waals surface area contributed by atoms with Crippen LogP contribution < -0.4 is 10.2 Å². The van der Waals surface area contributed by atoms with Crippen molar-refractivity contribution in [1.29, 1.82) is 5.26 Å². The van der Waals surface area contributed by atoms with Gasteiger partial charge in [-0.1, -0.05) is 12.1 Å². The van der Waals surface area contributed by atoms with E-state index in [1.807, 2.05) is 43.0 Å². The molecule has 1 aliphatic heterocycles. The molecule has 0 amide bonds. The number of nitrogens with zero attached hydrogens (tertiary/aromatic N) is 4. The summed E-state index contributed by atoms with van der Waals surface area (Å²) in [6.07, 6.45) is 0.969. The summed E-state index contributed by atoms with van der Waals surface area (Å²) in [5.74, 6) is 1.05. The summed E-state index contributed by atoms with van der Waals surface area (Å²) >= 11 is 0. The Morgan fingerprint density at radius 1 is 1.08 bits per heavy atom. The van der Waals surface area contributed by atoms with Gasteiger partial charge in [-0.25, -0.2) is 4.68 Å². The lowest BCUT2D eigenvalue weighted by molar-refractivity contribution is 0.882. The molecular formula is C20H19N5. The maximum Gasteiger partial charge on any atom is 0.133 e. The first kappa shape index (κ1) is 15.3. The predicted molar refractivity (Wildman–Crippen MR) is 100 cm³/mol. The van der Waals surface area contributed by atoms with Crippen LogP contribution in [-0.2, 0) is 6.42 Å². The van der Waals surface area contributed by atoms with E-state index in [0.717, 1.165) is 35.7 Å². The van der Waals surface area contributed by atoms with Crippen molar-refractivity contribution in [3.05, 3.63) is 59.7 Å². The van der Waals surface area contributed by atoms with E-state index in [0.29, 0.717) is 5.56 Å². The molecule has 0 saturated heterocycles. The van der Waals surface area contributed by atoms with E-state index in [9.17, 15) is 0 Å². The molecule has 1 aliphatic rings. The van der Waals surface area contributed by atoms with Crippen LogP contribution in [0.15, 0.2) is 48.5 Å². The second-order valence-electron chi connectivity index (χ2n) is 6.36. The summed E-state index contributed by atoms with van der Waals surface area (Å²) < 4.78 is 1.94. The summed E-state index contributed by atoms with van der Waals surface area (Å²) in [6, 6.07) is 18.2. The summed E-state index contributed by atoms with van der Waals surface area (Å²) in [5, 5.41) is 17.3. The second-order valence-corrected chi connectivity index (χ2v) is 6.36. The van der Waals surface area contributed by atoms with Crippen molar-refractivity contribution in [2.45, 2.75) is 6.42 Å². The first-order chi connectivity index (χ1) is 12.2. The molecule has 2 heterocycles. The second kappa shape index (κ2) is 5.99. The highest BCUT2D eigenvalue weighted by atomic mass is 15.3. The molecule has 5 nitrogen and oxygen atoms in total. The summed E-state index contributed by atoms with van der Waals surface area (Å²) in [4.78, 5) is 2.09. The molecule has 0 unspecified atom stereocenters. The third-order valence-electron chi connectivity index (χ3n) is 4.55. The van der Waals surface area contributed by atoms with Crippen molar-refractivity contribution >= 4 is 11.5 Å². The van der Waals surface area contributed by atoms with E-state index in [-0.39, 0.29) is 0 Å². The van der Waals surface area contributed by atoms with Crippen LogP contribution in [0.1, 0.15) is 11.1 Å². The van der Waals surface area contributed by atoms with Crippen LogP contribution in [0.2, 0.25) is 0 Å². The normalized spacial score (nSPS) is 12.4. The van der Waals surface area contributed by atoms with Gasteiger partial charge in [0.1, 0.15) is 5.82 Å². The average molecular weight is 329 g/mol. The van der Waals surface area contributed by atoms with E-state index in [1.54, 1.807) is 0 Å². The van der Waals surface area contributed by atoms with E-state index in [2.05, 4.69) is 40.6 Å². The lowest BCUT2D eigenvalue weighted by Crippen LogP contribution is -2.08. The Kier molecular flexibility index (Phi) is 3.66. The third-order valence-corrected chi connectivity index (χ3v) is 4.55. The molecule has 4 rings (SSSR count). The quantitative estimate of drug-likeness (QED) is 0.800. The SMILES string of the molecule is CN(C)c1ccc(-c2nn(-c3ccc(C#N)cc3)c3c2CCN3)cc1. The number of nitrogens with one attached hydrogen (secondary N) is 1. The summed E-state index contributed by atoms with van der Waals surface area (Å²) in [7, 11) is 4.08. The first-order valence-electron chi connectivity index (χ1n) is 8.31. The van der Waals surface area contributed by atoms with Gasteiger partial charge in [-0.05, 0) is 42.8 Å². The number of nitriles is 1. The monoisotopic (exact) mass is 329 g/mol. The lowest BCUT2D eigenvalue weighted by Gasteiger charge is -2.12. The molecule has 124 valence electrons. The van der Waals surface area contributed by atoms with Gasteiger partial charge >= 0.3 is 0 Å². The number of hydrogen-bond acceptors (Lipinski definition) is 4. The maximum absolute atomic E-state index is 8.98. The maximum atomic E-state index is 8.98. The smallest absolute Gasteiger partial charge is 0.133 e. The standard InChI is InChI=1S/C20H19N5/c1-24(2)16-9-5-15(6-10-16)19-18-11-12-22-20(18)25(23-19)17-7-3-14(13-21)4-8-17/h3-10,22H,11-12H2,1-2H3. The Morgan fingerprint density at radius 3 is 2.44 bits per heavy atom. The van der Waals surface area contributed by atoms with Crippen molar-refractivity contribution in [3.8, 4) is 23.0 Å². The Balaban J connectivity index is 1.78. The zero-order chi connectivity index (χ0) is 17.4. The van der Waals surface area contributed by atoms with Crippen LogP contribution in [0.5, 0.6) is 0 Å². The molecule has 0 radical (unpaired) electrons. The molecule has 25 heavy (non-hydrogen) atoms. The number of benzene rings is 2. The van der Waals surface area contributed by atoms with Gasteiger partial charge in [-0.2, -0.15) is 10.4 Å². The van der Waals surface area contributed by atoms with E-state index >= 15 is 0 Å². The zero-order valence-electron chi connectivity index (χ0n) is 14.3. The fourth-order valence-corrected chi connectivity index (χ4v) is 3.19. The van der Waals surface area contributed by atoms with Crippen LogP contribution >= 0.6 is 0 Å². The van der Waals surface area contributed by atoms with Crippen molar-refractivity contribution in [2.75, 3.05) is 30.9 Å². The Bertz CT molecular complexity index is 943. The molecule has 0 saturated carbocycles. The third kappa shape index (κ3) is 2.62. The van der Waals surface area contributed by atoms with Crippen molar-refractivity contribution < 1.29 is 0 Å². The van der Waals surface area contributed by atoms with Crippen molar-refractivity contribution in [1.82, 2.24) is 9.78 Å². The van der Waals surface area contributed by atoms with Gasteiger partial charge in [0.15, 0.2) is 0 Å². The number of anilines is 2. The Hall–Kier alpha value is -3.26. The van der Waals surface area contributed by atoms with Crippen LogP contribution in [-0.4, -0.2) is 30.4 Å². The predicted octanol–water partition coefficient (Wildman–Crippen LogP) is 3.44. The first-order valence-corrected chi connectivity index (χ1v) is 8.31. The van der Waals surface area contributed by atoms with Crippen molar-refractivity contribution in [2.24, 2.45) is 0 Å². The molecule has 5 heteroatoms. The van der Waals surface area contributed by atoms with Gasteiger partial charge in [0, 0.05) is 37.5 Å². The molecule has 1 aromatic heterocycles. The minimum Gasteiger partial charge on any atom is -0.378 e. The largest absolute Gasteiger partial charge is 0.378 e. The van der Waals surface area contributed by atoms with Gasteiger partial charge in [0.25, 0.3) is 0 Å². The fraction of sp³-hybridized carbons (Fsp3) is 0.200. The van der Waals surface area contributed by atoms with E-state index < -0.39 is 0 Å². The Morgan fingerprint density at radius 2 is 1.80 bits per heavy atom. The topological polar surface area (TPSA) is 56.9 Å². The van der Waals surface area contributed by atoms with Gasteiger partial charge < -0.3 is 10.2 Å². The van der Waals surface area contributed by atoms with Gasteiger partial charge in [0.2, 0.25) is 0 Å². The number of hydrogen-bond donors (Lipinski definition) is 1. The molecule has 3 aromatic rings. The number of aromatic nitrogens is 2. The highest BCUT2D eigenvalue weighted by molar-refractivity contribution is 5.74. The lowest BCUT2D eigenvalue weighted by atomic mass is 10.1. The molecule has 2 aromatic carbocycles. The summed E-state index contributed by atoms with van der Waals surface area (Å²) in [6.45, 7) is 0.923. The highest BCUT2D eigenvalue weighted by Crippen LogP contribution is 2.35. The molecule has 1 N–H and O–H groups in total. The van der Waals surface area contributed by atoms with E-state index in [1.165, 1.54) is 11.3 Å². The minimum absolute atomic E-state index is 0.653. The molecular weight excluding hydrogens is 310 g/mol. The average Bonchev–Trinajstić information content (AvgIpc) is 3.24. The molecule has 0 atom stereocenters. The molecule has 0 aliphatic carbocycles. The summed E-state index contributed by atoms with van der Waals surface area (Å²) in [5.41, 5.74) is 6.18. The molecule has 0 fully saturated rings. The van der Waals surface area contributed by atoms with E-state index in [4.69, 9.17) is 10.4 Å². The fourth-order valence-electron chi connectivity index (χ4n) is 3.19. The molecule has 0 spiro atoms. The number of rotatable bonds is 3. The van der Waals surface area contributed by atoms with Gasteiger partial charge in [-0.3, -0.25) is 0 Å². The van der Waals surface area contributed by atoms with Crippen LogP contribution in [0, 0.1) is 11.3 Å². The van der Waals surface area contributed by atoms with Crippen LogP contribution in [0.25, 0.3) is 16.9 Å². The minimum atomic E-state index is 0.653. The number of fused-ring (bicyclic) bond motifs is 1. The van der Waals surface area contributed by atoms with Gasteiger partial charge in [-0.15, -0.1) is 0 Å². The molecule has 0 bridgehead atoms. The van der Waals surface area contributed by atoms with Gasteiger partial charge in [0.05, 0.1) is 23.0 Å². The highest BCUT2D eigenvalue weighted by Gasteiger charge is 2.23.